The van der Waals surface area contributed by atoms with Crippen molar-refractivity contribution in [1.29, 1.82) is 0 Å². The van der Waals surface area contributed by atoms with Crippen molar-refractivity contribution in [2.45, 2.75) is 44.2 Å². The third kappa shape index (κ3) is 5.60. The van der Waals surface area contributed by atoms with Crippen LogP contribution in [0.5, 0.6) is 5.75 Å². The lowest BCUT2D eigenvalue weighted by Gasteiger charge is -2.30. The van der Waals surface area contributed by atoms with E-state index < -0.39 is 12.1 Å². The number of aryl methyl sites for hydroxylation is 1. The number of nitrogens with zero attached hydrogens (tertiary/aromatic N) is 2. The molecule has 0 saturated carbocycles. The third-order valence-corrected chi connectivity index (χ3v) is 5.71. The van der Waals surface area contributed by atoms with Crippen LogP contribution < -0.4 is 5.73 Å². The molecular weight excluding hydrogens is 378 g/mol. The summed E-state index contributed by atoms with van der Waals surface area (Å²) in [7, 11) is 1.81. The van der Waals surface area contributed by atoms with Crippen LogP contribution in [0.25, 0.3) is 0 Å². The molecule has 2 unspecified atom stereocenters. The van der Waals surface area contributed by atoms with Crippen LogP contribution in [0.4, 0.5) is 0 Å². The highest BCUT2D eigenvalue weighted by molar-refractivity contribution is 5.90. The number of carbonyl (C=O) groups is 2. The van der Waals surface area contributed by atoms with E-state index in [9.17, 15) is 14.7 Å². The molecule has 0 bridgehead atoms. The molecule has 0 aliphatic carbocycles. The molecule has 6 nitrogen and oxygen atoms in total. The number of phenols is 1. The van der Waals surface area contributed by atoms with Gasteiger partial charge in [-0.3, -0.25) is 9.59 Å². The molecule has 1 aliphatic heterocycles. The van der Waals surface area contributed by atoms with E-state index in [2.05, 4.69) is 12.1 Å². The number of aromatic hydroxyl groups is 1. The summed E-state index contributed by atoms with van der Waals surface area (Å²) < 4.78 is 0. The largest absolute Gasteiger partial charge is 0.508 e. The number of hydrogen-bond donors (Lipinski definition) is 2. The van der Waals surface area contributed by atoms with Crippen molar-refractivity contribution in [3.05, 3.63) is 65.7 Å². The number of likely N-dealkylation sites (tertiary alicyclic amines) is 1. The fourth-order valence-corrected chi connectivity index (χ4v) is 4.00. The summed E-state index contributed by atoms with van der Waals surface area (Å²) in [6.45, 7) is 1.22. The normalized spacial score (nSPS) is 17.0. The van der Waals surface area contributed by atoms with Crippen LogP contribution in [-0.4, -0.2) is 58.9 Å². The summed E-state index contributed by atoms with van der Waals surface area (Å²) >= 11 is 0. The van der Waals surface area contributed by atoms with Gasteiger partial charge in [0.1, 0.15) is 11.8 Å². The molecule has 160 valence electrons. The molecule has 2 amide bonds. The van der Waals surface area contributed by atoms with Gasteiger partial charge in [0.2, 0.25) is 11.8 Å². The summed E-state index contributed by atoms with van der Waals surface area (Å²) in [5.41, 5.74) is 8.32. The number of nitrogens with two attached hydrogens (primary N) is 1. The Balaban J connectivity index is 1.53. The van der Waals surface area contributed by atoms with E-state index in [1.165, 1.54) is 5.56 Å². The van der Waals surface area contributed by atoms with Gasteiger partial charge in [-0.05, 0) is 55.4 Å². The monoisotopic (exact) mass is 409 g/mol. The standard InChI is InChI=1S/C24H31N3O3/c1-26(15-5-9-18-7-3-2-4-8-18)24(30)22-10-6-16-27(22)23(29)21(25)17-19-11-13-20(28)14-12-19/h2-4,7-8,11-14,21-22,28H,5-6,9-10,15-17,25H2,1H3. The highest BCUT2D eigenvalue weighted by Gasteiger charge is 2.37. The zero-order valence-corrected chi connectivity index (χ0v) is 17.5. The maximum absolute atomic E-state index is 13.0. The molecule has 1 aliphatic rings. The van der Waals surface area contributed by atoms with Crippen LogP contribution >= 0.6 is 0 Å². The molecule has 3 rings (SSSR count). The topological polar surface area (TPSA) is 86.9 Å². The van der Waals surface area contributed by atoms with Gasteiger partial charge in [-0.15, -0.1) is 0 Å². The first-order valence-electron chi connectivity index (χ1n) is 10.6. The molecule has 6 heteroatoms. The highest BCUT2D eigenvalue weighted by Crippen LogP contribution is 2.21. The number of carbonyl (C=O) groups excluding carboxylic acids is 2. The zero-order chi connectivity index (χ0) is 21.5. The highest BCUT2D eigenvalue weighted by atomic mass is 16.3. The average Bonchev–Trinajstić information content (AvgIpc) is 3.24. The smallest absolute Gasteiger partial charge is 0.245 e. The summed E-state index contributed by atoms with van der Waals surface area (Å²) in [6, 6.07) is 15.8. The minimum Gasteiger partial charge on any atom is -0.508 e. The fraction of sp³-hybridized carbons (Fsp3) is 0.417. The molecule has 2 atom stereocenters. The first-order valence-corrected chi connectivity index (χ1v) is 10.6. The van der Waals surface area contributed by atoms with E-state index in [4.69, 9.17) is 5.73 Å². The second kappa shape index (κ2) is 10.3. The van der Waals surface area contributed by atoms with Gasteiger partial charge in [0.05, 0.1) is 6.04 Å². The lowest BCUT2D eigenvalue weighted by molar-refractivity contribution is -0.143. The molecule has 0 aromatic heterocycles. The number of likely N-dealkylation sites (N-methyl/N-ethyl adjacent to an activating group) is 1. The SMILES string of the molecule is CN(CCCc1ccccc1)C(=O)C1CCCN1C(=O)C(N)Cc1ccc(O)cc1. The van der Waals surface area contributed by atoms with E-state index in [0.717, 1.165) is 24.8 Å². The van der Waals surface area contributed by atoms with Crippen LogP contribution in [0.3, 0.4) is 0 Å². The second-order valence-electron chi connectivity index (χ2n) is 8.02. The third-order valence-electron chi connectivity index (χ3n) is 5.71. The van der Waals surface area contributed by atoms with Crippen molar-refractivity contribution >= 4 is 11.8 Å². The van der Waals surface area contributed by atoms with Crippen molar-refractivity contribution in [2.75, 3.05) is 20.1 Å². The van der Waals surface area contributed by atoms with Crippen molar-refractivity contribution < 1.29 is 14.7 Å². The van der Waals surface area contributed by atoms with Gasteiger partial charge in [-0.1, -0.05) is 42.5 Å². The number of amides is 2. The first kappa shape index (κ1) is 21.8. The fourth-order valence-electron chi connectivity index (χ4n) is 4.00. The molecule has 1 fully saturated rings. The lowest BCUT2D eigenvalue weighted by Crippen LogP contribution is -2.52. The second-order valence-corrected chi connectivity index (χ2v) is 8.02. The van der Waals surface area contributed by atoms with Crippen LogP contribution in [0, 0.1) is 0 Å². The van der Waals surface area contributed by atoms with Gasteiger partial charge in [0.15, 0.2) is 0 Å². The molecule has 2 aromatic rings. The first-order chi connectivity index (χ1) is 14.5. The molecule has 3 N–H and O–H groups in total. The van der Waals surface area contributed by atoms with E-state index in [-0.39, 0.29) is 17.6 Å². The Bertz CT molecular complexity index is 839. The van der Waals surface area contributed by atoms with Gasteiger partial charge in [0, 0.05) is 20.1 Å². The van der Waals surface area contributed by atoms with E-state index >= 15 is 0 Å². The summed E-state index contributed by atoms with van der Waals surface area (Å²) in [4.78, 5) is 29.3. The minimum absolute atomic E-state index is 0.00857. The molecule has 2 aromatic carbocycles. The number of rotatable bonds is 8. The van der Waals surface area contributed by atoms with Crippen molar-refractivity contribution in [3.8, 4) is 5.75 Å². The predicted octanol–water partition coefficient (Wildman–Crippen LogP) is 2.34. The average molecular weight is 410 g/mol. The molecular formula is C24H31N3O3. The Morgan fingerprint density at radius 3 is 2.53 bits per heavy atom. The molecule has 1 saturated heterocycles. The zero-order valence-electron chi connectivity index (χ0n) is 17.5. The summed E-state index contributed by atoms with van der Waals surface area (Å²) in [5, 5.41) is 9.40. The number of benzene rings is 2. The van der Waals surface area contributed by atoms with E-state index in [1.807, 2.05) is 25.2 Å². The number of hydrogen-bond acceptors (Lipinski definition) is 4. The lowest BCUT2D eigenvalue weighted by atomic mass is 10.0. The Morgan fingerprint density at radius 2 is 1.83 bits per heavy atom. The van der Waals surface area contributed by atoms with Crippen LogP contribution in [0.2, 0.25) is 0 Å². The maximum atomic E-state index is 13.0. The predicted molar refractivity (Wildman–Crippen MR) is 117 cm³/mol. The molecule has 30 heavy (non-hydrogen) atoms. The van der Waals surface area contributed by atoms with Gasteiger partial charge < -0.3 is 20.6 Å². The summed E-state index contributed by atoms with van der Waals surface area (Å²) in [6.07, 6.45) is 3.67. The number of phenolic OH excluding ortho intramolecular Hbond substituents is 1. The Kier molecular flexibility index (Phi) is 7.46. The van der Waals surface area contributed by atoms with E-state index in [0.29, 0.717) is 25.9 Å². The summed E-state index contributed by atoms with van der Waals surface area (Å²) in [5.74, 6) is -0.0125. The van der Waals surface area contributed by atoms with Crippen LogP contribution in [0.1, 0.15) is 30.4 Å². The molecule has 1 heterocycles. The van der Waals surface area contributed by atoms with Gasteiger partial charge in [-0.2, -0.15) is 0 Å². The van der Waals surface area contributed by atoms with Gasteiger partial charge in [0.25, 0.3) is 0 Å². The van der Waals surface area contributed by atoms with E-state index in [1.54, 1.807) is 34.1 Å². The Hall–Kier alpha value is -2.86. The van der Waals surface area contributed by atoms with Crippen LogP contribution in [-0.2, 0) is 22.4 Å². The minimum atomic E-state index is -0.702. The Labute approximate surface area is 178 Å². The van der Waals surface area contributed by atoms with Crippen molar-refractivity contribution in [1.82, 2.24) is 9.80 Å². The quantitative estimate of drug-likeness (QED) is 0.701. The molecule has 0 radical (unpaired) electrons. The van der Waals surface area contributed by atoms with Crippen molar-refractivity contribution in [3.63, 3.8) is 0 Å². The Morgan fingerprint density at radius 1 is 1.13 bits per heavy atom. The van der Waals surface area contributed by atoms with Gasteiger partial charge in [-0.25, -0.2) is 0 Å². The van der Waals surface area contributed by atoms with Gasteiger partial charge >= 0.3 is 0 Å². The molecule has 0 spiro atoms. The van der Waals surface area contributed by atoms with Crippen molar-refractivity contribution in [2.24, 2.45) is 5.73 Å². The maximum Gasteiger partial charge on any atom is 0.245 e. The van der Waals surface area contributed by atoms with Crippen LogP contribution in [0.15, 0.2) is 54.6 Å².